The molecule has 1 heterocycles. The van der Waals surface area contributed by atoms with Crippen molar-refractivity contribution >= 4 is 5.84 Å². The first-order valence-corrected chi connectivity index (χ1v) is 5.89. The van der Waals surface area contributed by atoms with Crippen LogP contribution in [0.1, 0.15) is 37.6 Å². The SMILES string of the molecule is CCC1(C(=N)n2c(C)c(C)[nH]c(=O)c2=N)CC1. The van der Waals surface area contributed by atoms with Crippen molar-refractivity contribution in [3.8, 4) is 0 Å². The topological polar surface area (TPSA) is 85.5 Å². The van der Waals surface area contributed by atoms with Gasteiger partial charge in [0.05, 0.1) is 0 Å². The van der Waals surface area contributed by atoms with Crippen LogP contribution in [-0.4, -0.2) is 15.4 Å². The molecule has 0 aliphatic heterocycles. The Morgan fingerprint density at radius 3 is 2.53 bits per heavy atom. The highest BCUT2D eigenvalue weighted by Gasteiger charge is 2.46. The zero-order valence-corrected chi connectivity index (χ0v) is 10.5. The molecule has 1 aliphatic carbocycles. The third-order valence-electron chi connectivity index (χ3n) is 3.87. The van der Waals surface area contributed by atoms with E-state index in [0.717, 1.165) is 30.7 Å². The minimum atomic E-state index is -0.426. The number of aromatic amines is 1. The van der Waals surface area contributed by atoms with Crippen LogP contribution in [0.3, 0.4) is 0 Å². The third-order valence-corrected chi connectivity index (χ3v) is 3.87. The van der Waals surface area contributed by atoms with Gasteiger partial charge in [-0.1, -0.05) is 6.92 Å². The molecule has 1 fully saturated rings. The summed E-state index contributed by atoms with van der Waals surface area (Å²) >= 11 is 0. The molecule has 0 unspecified atom stereocenters. The van der Waals surface area contributed by atoms with E-state index in [-0.39, 0.29) is 10.9 Å². The van der Waals surface area contributed by atoms with Gasteiger partial charge in [0.2, 0.25) is 0 Å². The van der Waals surface area contributed by atoms with Crippen molar-refractivity contribution < 1.29 is 0 Å². The Hall–Kier alpha value is -1.65. The molecular weight excluding hydrogens is 216 g/mol. The molecule has 1 saturated carbocycles. The highest BCUT2D eigenvalue weighted by molar-refractivity contribution is 5.90. The molecule has 3 N–H and O–H groups in total. The van der Waals surface area contributed by atoms with E-state index in [4.69, 9.17) is 10.8 Å². The highest BCUT2D eigenvalue weighted by Crippen LogP contribution is 2.49. The summed E-state index contributed by atoms with van der Waals surface area (Å²) in [5.74, 6) is 0.400. The van der Waals surface area contributed by atoms with E-state index in [1.807, 2.05) is 6.92 Å². The van der Waals surface area contributed by atoms with Crippen LogP contribution in [0.2, 0.25) is 0 Å². The molecule has 2 rings (SSSR count). The Kier molecular flexibility index (Phi) is 2.56. The van der Waals surface area contributed by atoms with Gasteiger partial charge in [0.1, 0.15) is 5.84 Å². The van der Waals surface area contributed by atoms with Crippen LogP contribution in [-0.2, 0) is 0 Å². The number of hydrogen-bond acceptors (Lipinski definition) is 3. The quantitative estimate of drug-likeness (QED) is 0.522. The molecule has 0 saturated heterocycles. The average molecular weight is 234 g/mol. The van der Waals surface area contributed by atoms with Crippen molar-refractivity contribution in [2.45, 2.75) is 40.0 Å². The van der Waals surface area contributed by atoms with Gasteiger partial charge in [0.15, 0.2) is 5.49 Å². The van der Waals surface area contributed by atoms with Gasteiger partial charge in [-0.3, -0.25) is 20.2 Å². The molecular formula is C12H18N4O. The van der Waals surface area contributed by atoms with E-state index in [2.05, 4.69) is 11.9 Å². The van der Waals surface area contributed by atoms with E-state index < -0.39 is 5.56 Å². The lowest BCUT2D eigenvalue weighted by atomic mass is 10.0. The number of aryl methyl sites for hydroxylation is 1. The number of nitrogens with zero attached hydrogens (tertiary/aromatic N) is 1. The van der Waals surface area contributed by atoms with Crippen molar-refractivity contribution in [1.29, 1.82) is 10.8 Å². The average Bonchev–Trinajstić information content (AvgIpc) is 3.07. The smallest absolute Gasteiger partial charge is 0.291 e. The largest absolute Gasteiger partial charge is 0.322 e. The molecule has 5 heteroatoms. The van der Waals surface area contributed by atoms with E-state index in [1.54, 1.807) is 6.92 Å². The summed E-state index contributed by atoms with van der Waals surface area (Å²) in [5, 5.41) is 16.1. The fraction of sp³-hybridized carbons (Fsp3) is 0.583. The van der Waals surface area contributed by atoms with Crippen LogP contribution in [0, 0.1) is 30.1 Å². The summed E-state index contributed by atoms with van der Waals surface area (Å²) in [6.45, 7) is 5.69. The first-order chi connectivity index (χ1) is 7.93. The van der Waals surface area contributed by atoms with Crippen LogP contribution < -0.4 is 11.0 Å². The Labute approximate surface area is 99.5 Å². The zero-order chi connectivity index (χ0) is 12.8. The minimum Gasteiger partial charge on any atom is -0.322 e. The molecule has 92 valence electrons. The van der Waals surface area contributed by atoms with Crippen molar-refractivity contribution in [3.05, 3.63) is 27.2 Å². The zero-order valence-electron chi connectivity index (χ0n) is 10.5. The number of rotatable bonds is 2. The molecule has 17 heavy (non-hydrogen) atoms. The van der Waals surface area contributed by atoms with E-state index >= 15 is 0 Å². The second-order valence-corrected chi connectivity index (χ2v) is 4.83. The van der Waals surface area contributed by atoms with Gasteiger partial charge in [0.25, 0.3) is 5.56 Å². The number of hydrogen-bond donors (Lipinski definition) is 3. The Morgan fingerprint density at radius 2 is 2.06 bits per heavy atom. The van der Waals surface area contributed by atoms with Crippen LogP contribution in [0.4, 0.5) is 0 Å². The maximum absolute atomic E-state index is 11.6. The monoisotopic (exact) mass is 234 g/mol. The predicted molar refractivity (Wildman–Crippen MR) is 65.5 cm³/mol. The third kappa shape index (κ3) is 1.66. The van der Waals surface area contributed by atoms with Crippen molar-refractivity contribution in [2.24, 2.45) is 5.41 Å². The van der Waals surface area contributed by atoms with Crippen molar-refractivity contribution in [2.75, 3.05) is 0 Å². The van der Waals surface area contributed by atoms with E-state index in [0.29, 0.717) is 5.84 Å². The highest BCUT2D eigenvalue weighted by atomic mass is 16.1. The fourth-order valence-electron chi connectivity index (χ4n) is 2.18. The summed E-state index contributed by atoms with van der Waals surface area (Å²) in [5.41, 5.74) is 0.829. The molecule has 0 bridgehead atoms. The first kappa shape index (κ1) is 11.8. The number of nitrogens with one attached hydrogen (secondary N) is 3. The number of H-pyrrole nitrogens is 1. The molecule has 1 aromatic heterocycles. The summed E-state index contributed by atoms with van der Waals surface area (Å²) in [4.78, 5) is 14.2. The molecule has 0 spiro atoms. The summed E-state index contributed by atoms with van der Waals surface area (Å²) in [7, 11) is 0. The fourth-order valence-corrected chi connectivity index (χ4v) is 2.18. The van der Waals surface area contributed by atoms with Crippen LogP contribution >= 0.6 is 0 Å². The second-order valence-electron chi connectivity index (χ2n) is 4.83. The first-order valence-electron chi connectivity index (χ1n) is 5.89. The van der Waals surface area contributed by atoms with E-state index in [1.165, 1.54) is 4.57 Å². The molecule has 1 aromatic rings. The Bertz CT molecular complexity index is 590. The summed E-state index contributed by atoms with van der Waals surface area (Å²) < 4.78 is 1.49. The maximum Gasteiger partial charge on any atom is 0.291 e. The van der Waals surface area contributed by atoms with Gasteiger partial charge >= 0.3 is 0 Å². The van der Waals surface area contributed by atoms with Gasteiger partial charge in [-0.15, -0.1) is 0 Å². The molecule has 0 radical (unpaired) electrons. The van der Waals surface area contributed by atoms with E-state index in [9.17, 15) is 4.79 Å². The van der Waals surface area contributed by atoms with Gasteiger partial charge in [-0.2, -0.15) is 0 Å². The lowest BCUT2D eigenvalue weighted by molar-refractivity contribution is 0.626. The Balaban J connectivity index is 2.64. The molecule has 1 aliphatic rings. The van der Waals surface area contributed by atoms with Gasteiger partial charge < -0.3 is 4.98 Å². The van der Waals surface area contributed by atoms with Crippen LogP contribution in [0.25, 0.3) is 0 Å². The second kappa shape index (κ2) is 3.68. The molecule has 0 atom stereocenters. The molecule has 0 aromatic carbocycles. The summed E-state index contributed by atoms with van der Waals surface area (Å²) in [6, 6.07) is 0. The Morgan fingerprint density at radius 1 is 1.47 bits per heavy atom. The van der Waals surface area contributed by atoms with Crippen molar-refractivity contribution in [3.63, 3.8) is 0 Å². The summed E-state index contributed by atoms with van der Waals surface area (Å²) in [6.07, 6.45) is 2.86. The maximum atomic E-state index is 11.6. The standard InChI is InChI=1S/C12H18N4O/c1-4-12(5-6-12)11(14)16-8(3)7(2)15-10(17)9(16)13/h13-14H,4-6H2,1-3H3,(H,15,17). The van der Waals surface area contributed by atoms with Gasteiger partial charge in [-0.25, -0.2) is 0 Å². The van der Waals surface area contributed by atoms with Gasteiger partial charge in [-0.05, 0) is 33.1 Å². The molecule has 0 amide bonds. The van der Waals surface area contributed by atoms with Crippen LogP contribution in [0.15, 0.2) is 4.79 Å². The lowest BCUT2D eigenvalue weighted by Crippen LogP contribution is -2.44. The normalized spacial score (nSPS) is 16.9. The predicted octanol–water partition coefficient (Wildman–Crippen LogP) is 1.29. The lowest BCUT2D eigenvalue weighted by Gasteiger charge is -2.19. The van der Waals surface area contributed by atoms with Gasteiger partial charge in [0, 0.05) is 16.8 Å². The van der Waals surface area contributed by atoms with Crippen molar-refractivity contribution in [1.82, 2.24) is 9.55 Å². The minimum absolute atomic E-state index is 0.106. The number of aromatic nitrogens is 2. The molecule has 5 nitrogen and oxygen atoms in total. The van der Waals surface area contributed by atoms with Crippen LogP contribution in [0.5, 0.6) is 0 Å².